The van der Waals surface area contributed by atoms with Crippen LogP contribution < -0.4 is 11.1 Å². The van der Waals surface area contributed by atoms with Crippen LogP contribution in [0.15, 0.2) is 24.3 Å². The second-order valence-electron chi connectivity index (χ2n) is 6.88. The van der Waals surface area contributed by atoms with Gasteiger partial charge in [0.2, 0.25) is 5.91 Å². The SMILES string of the molecule is NC1CCC(NC(=O)C2(c3cccc(F)c3)CCCC2)CC1. The number of halogens is 1. The van der Waals surface area contributed by atoms with Crippen LogP contribution in [0.2, 0.25) is 0 Å². The van der Waals surface area contributed by atoms with Crippen molar-refractivity contribution >= 4 is 5.91 Å². The van der Waals surface area contributed by atoms with Gasteiger partial charge in [0.1, 0.15) is 5.82 Å². The van der Waals surface area contributed by atoms with Crippen molar-refractivity contribution in [2.45, 2.75) is 68.9 Å². The third-order valence-electron chi connectivity index (χ3n) is 5.38. The molecule has 2 aliphatic carbocycles. The highest BCUT2D eigenvalue weighted by atomic mass is 19.1. The summed E-state index contributed by atoms with van der Waals surface area (Å²) in [6.07, 6.45) is 7.52. The van der Waals surface area contributed by atoms with Crippen molar-refractivity contribution in [2.75, 3.05) is 0 Å². The number of amides is 1. The molecule has 3 rings (SSSR count). The molecule has 0 aliphatic heterocycles. The van der Waals surface area contributed by atoms with E-state index in [1.54, 1.807) is 6.07 Å². The monoisotopic (exact) mass is 304 g/mol. The van der Waals surface area contributed by atoms with E-state index in [1.807, 2.05) is 6.07 Å². The van der Waals surface area contributed by atoms with Crippen LogP contribution in [0.25, 0.3) is 0 Å². The van der Waals surface area contributed by atoms with E-state index >= 15 is 0 Å². The second-order valence-corrected chi connectivity index (χ2v) is 6.88. The predicted octanol–water partition coefficient (Wildman–Crippen LogP) is 3.02. The molecule has 1 aromatic rings. The zero-order valence-corrected chi connectivity index (χ0v) is 13.0. The van der Waals surface area contributed by atoms with Gasteiger partial charge in [-0.15, -0.1) is 0 Å². The van der Waals surface area contributed by atoms with Gasteiger partial charge in [-0.25, -0.2) is 4.39 Å². The van der Waals surface area contributed by atoms with Gasteiger partial charge in [-0.2, -0.15) is 0 Å². The fraction of sp³-hybridized carbons (Fsp3) is 0.611. The smallest absolute Gasteiger partial charge is 0.230 e. The van der Waals surface area contributed by atoms with Crippen LogP contribution in [-0.4, -0.2) is 18.0 Å². The van der Waals surface area contributed by atoms with Gasteiger partial charge in [0.15, 0.2) is 0 Å². The van der Waals surface area contributed by atoms with Crippen molar-refractivity contribution in [1.82, 2.24) is 5.32 Å². The number of benzene rings is 1. The highest BCUT2D eigenvalue weighted by molar-refractivity contribution is 5.88. The van der Waals surface area contributed by atoms with Gasteiger partial charge >= 0.3 is 0 Å². The minimum Gasteiger partial charge on any atom is -0.353 e. The normalized spacial score (nSPS) is 27.5. The van der Waals surface area contributed by atoms with E-state index < -0.39 is 5.41 Å². The Hall–Kier alpha value is -1.42. The number of nitrogens with two attached hydrogens (primary N) is 1. The number of carbonyl (C=O) groups is 1. The first-order valence-corrected chi connectivity index (χ1v) is 8.43. The Labute approximate surface area is 131 Å². The predicted molar refractivity (Wildman–Crippen MR) is 84.9 cm³/mol. The van der Waals surface area contributed by atoms with Crippen LogP contribution in [0.1, 0.15) is 56.9 Å². The molecule has 3 N–H and O–H groups in total. The zero-order valence-electron chi connectivity index (χ0n) is 13.0. The first-order valence-electron chi connectivity index (χ1n) is 8.43. The lowest BCUT2D eigenvalue weighted by molar-refractivity contribution is -0.127. The van der Waals surface area contributed by atoms with Gasteiger partial charge in [0, 0.05) is 12.1 Å². The Kier molecular flexibility index (Phi) is 4.48. The average Bonchev–Trinajstić information content (AvgIpc) is 3.00. The summed E-state index contributed by atoms with van der Waals surface area (Å²) in [5, 5.41) is 3.22. The molecule has 3 nitrogen and oxygen atoms in total. The number of hydrogen-bond donors (Lipinski definition) is 2. The quantitative estimate of drug-likeness (QED) is 0.902. The molecule has 120 valence electrons. The highest BCUT2D eigenvalue weighted by Crippen LogP contribution is 2.41. The Morgan fingerprint density at radius 2 is 1.86 bits per heavy atom. The van der Waals surface area contributed by atoms with Crippen molar-refractivity contribution in [1.29, 1.82) is 0 Å². The third kappa shape index (κ3) is 3.02. The number of hydrogen-bond acceptors (Lipinski definition) is 2. The first-order chi connectivity index (χ1) is 10.6. The first kappa shape index (κ1) is 15.5. The molecule has 0 unspecified atom stereocenters. The van der Waals surface area contributed by atoms with Crippen molar-refractivity contribution < 1.29 is 9.18 Å². The average molecular weight is 304 g/mol. The van der Waals surface area contributed by atoms with Crippen molar-refractivity contribution in [3.8, 4) is 0 Å². The van der Waals surface area contributed by atoms with E-state index in [0.717, 1.165) is 56.9 Å². The maximum Gasteiger partial charge on any atom is 0.230 e. The van der Waals surface area contributed by atoms with Crippen molar-refractivity contribution in [2.24, 2.45) is 5.73 Å². The Bertz CT molecular complexity index is 532. The summed E-state index contributed by atoms with van der Waals surface area (Å²) in [4.78, 5) is 13.0. The molecule has 0 aromatic heterocycles. The van der Waals surface area contributed by atoms with Crippen LogP contribution in [-0.2, 0) is 10.2 Å². The van der Waals surface area contributed by atoms with Gasteiger partial charge in [-0.3, -0.25) is 4.79 Å². The molecule has 0 atom stereocenters. The lowest BCUT2D eigenvalue weighted by atomic mass is 9.77. The molecule has 1 amide bonds. The molecule has 0 saturated heterocycles. The molecular weight excluding hydrogens is 279 g/mol. The highest BCUT2D eigenvalue weighted by Gasteiger charge is 2.43. The summed E-state index contributed by atoms with van der Waals surface area (Å²) in [5.41, 5.74) is 6.22. The summed E-state index contributed by atoms with van der Waals surface area (Å²) < 4.78 is 13.6. The fourth-order valence-corrected chi connectivity index (χ4v) is 4.00. The second kappa shape index (κ2) is 6.37. The van der Waals surface area contributed by atoms with Crippen molar-refractivity contribution in [3.63, 3.8) is 0 Å². The van der Waals surface area contributed by atoms with E-state index in [-0.39, 0.29) is 23.8 Å². The standard InChI is InChI=1S/C18H25FN2O/c19-14-5-3-4-13(12-14)18(10-1-2-11-18)17(22)21-16-8-6-15(20)7-9-16/h3-5,12,15-16H,1-2,6-11,20H2,(H,21,22). The Morgan fingerprint density at radius 1 is 1.18 bits per heavy atom. The zero-order chi connectivity index (χ0) is 15.6. The number of rotatable bonds is 3. The minimum atomic E-state index is -0.540. The van der Waals surface area contributed by atoms with Gasteiger partial charge in [0.05, 0.1) is 5.41 Å². The summed E-state index contributed by atoms with van der Waals surface area (Å²) in [5.74, 6) is -0.184. The summed E-state index contributed by atoms with van der Waals surface area (Å²) in [6.45, 7) is 0. The number of carbonyl (C=O) groups excluding carboxylic acids is 1. The van der Waals surface area contributed by atoms with Gasteiger partial charge in [0.25, 0.3) is 0 Å². The number of nitrogens with one attached hydrogen (secondary N) is 1. The molecule has 1 aromatic carbocycles. The topological polar surface area (TPSA) is 55.1 Å². The Morgan fingerprint density at radius 3 is 2.50 bits per heavy atom. The van der Waals surface area contributed by atoms with Gasteiger partial charge in [-0.1, -0.05) is 25.0 Å². The van der Waals surface area contributed by atoms with E-state index in [4.69, 9.17) is 5.73 Å². The molecule has 2 saturated carbocycles. The maximum atomic E-state index is 13.6. The summed E-state index contributed by atoms with van der Waals surface area (Å²) in [7, 11) is 0. The largest absolute Gasteiger partial charge is 0.353 e. The van der Waals surface area contributed by atoms with Crippen LogP contribution in [0, 0.1) is 5.82 Å². The molecule has 0 spiro atoms. The fourth-order valence-electron chi connectivity index (χ4n) is 4.00. The molecule has 0 heterocycles. The molecule has 4 heteroatoms. The van der Waals surface area contributed by atoms with Gasteiger partial charge in [-0.05, 0) is 56.2 Å². The molecule has 22 heavy (non-hydrogen) atoms. The molecule has 2 aliphatic rings. The molecule has 2 fully saturated rings. The molecule has 0 bridgehead atoms. The van der Waals surface area contributed by atoms with Crippen LogP contribution in [0.4, 0.5) is 4.39 Å². The summed E-state index contributed by atoms with van der Waals surface area (Å²) >= 11 is 0. The summed E-state index contributed by atoms with van der Waals surface area (Å²) in [6, 6.07) is 7.06. The Balaban J connectivity index is 1.77. The van der Waals surface area contributed by atoms with Gasteiger partial charge < -0.3 is 11.1 Å². The van der Waals surface area contributed by atoms with Crippen LogP contribution in [0.5, 0.6) is 0 Å². The minimum absolute atomic E-state index is 0.0797. The van der Waals surface area contributed by atoms with Crippen molar-refractivity contribution in [3.05, 3.63) is 35.6 Å². The van der Waals surface area contributed by atoms with E-state index in [2.05, 4.69) is 5.32 Å². The van der Waals surface area contributed by atoms with E-state index in [0.29, 0.717) is 0 Å². The lowest BCUT2D eigenvalue weighted by Gasteiger charge is -2.33. The third-order valence-corrected chi connectivity index (χ3v) is 5.38. The van der Waals surface area contributed by atoms with E-state index in [1.165, 1.54) is 12.1 Å². The van der Waals surface area contributed by atoms with E-state index in [9.17, 15) is 9.18 Å². The molecule has 0 radical (unpaired) electrons. The van der Waals surface area contributed by atoms with Crippen LogP contribution >= 0.6 is 0 Å². The van der Waals surface area contributed by atoms with Crippen LogP contribution in [0.3, 0.4) is 0 Å². The maximum absolute atomic E-state index is 13.6. The molecular formula is C18H25FN2O. The lowest BCUT2D eigenvalue weighted by Crippen LogP contribution is -2.48.